The highest BCUT2D eigenvalue weighted by atomic mass is 16.5. The standard InChI is InChI=1S/C17H34N4O2/c1-20-11-6-17(7-12-20,21-9-4-3-5-10-21)15-19-16(22)14-18-8-13-23-2/h18H,3-15H2,1-2H3,(H,19,22). The molecule has 0 aromatic carbocycles. The van der Waals surface area contributed by atoms with Crippen LogP contribution < -0.4 is 10.6 Å². The fourth-order valence-corrected chi connectivity index (χ4v) is 3.71. The van der Waals surface area contributed by atoms with E-state index in [2.05, 4.69) is 27.5 Å². The Morgan fingerprint density at radius 2 is 1.83 bits per heavy atom. The molecule has 0 aromatic heterocycles. The Kier molecular flexibility index (Phi) is 7.76. The molecule has 0 atom stereocenters. The number of hydrogen-bond donors (Lipinski definition) is 2. The van der Waals surface area contributed by atoms with E-state index in [0.717, 1.165) is 32.5 Å². The normalized spacial score (nSPS) is 22.9. The minimum absolute atomic E-state index is 0.0939. The van der Waals surface area contributed by atoms with Crippen LogP contribution in [0.2, 0.25) is 0 Å². The predicted octanol–water partition coefficient (Wildman–Crippen LogP) is 0.289. The summed E-state index contributed by atoms with van der Waals surface area (Å²) in [4.78, 5) is 17.1. The zero-order valence-corrected chi connectivity index (χ0v) is 14.9. The molecular weight excluding hydrogens is 292 g/mol. The molecule has 0 radical (unpaired) electrons. The fraction of sp³-hybridized carbons (Fsp3) is 0.941. The molecule has 23 heavy (non-hydrogen) atoms. The third kappa shape index (κ3) is 5.71. The van der Waals surface area contributed by atoms with Gasteiger partial charge in [-0.05, 0) is 58.9 Å². The highest BCUT2D eigenvalue weighted by molar-refractivity contribution is 5.78. The molecular formula is C17H34N4O2. The van der Waals surface area contributed by atoms with Crippen LogP contribution in [0.15, 0.2) is 0 Å². The van der Waals surface area contributed by atoms with Crippen LogP contribution in [0.3, 0.4) is 0 Å². The van der Waals surface area contributed by atoms with Crippen molar-refractivity contribution in [3.8, 4) is 0 Å². The van der Waals surface area contributed by atoms with Crippen molar-refractivity contribution in [1.29, 1.82) is 0 Å². The van der Waals surface area contributed by atoms with Crippen LogP contribution in [-0.4, -0.2) is 87.8 Å². The highest BCUT2D eigenvalue weighted by Crippen LogP contribution is 2.30. The second-order valence-electron chi connectivity index (χ2n) is 7.02. The van der Waals surface area contributed by atoms with E-state index in [1.807, 2.05) is 0 Å². The van der Waals surface area contributed by atoms with Gasteiger partial charge in [0.2, 0.25) is 5.91 Å². The molecule has 2 fully saturated rings. The SMILES string of the molecule is COCCNCC(=O)NCC1(N2CCCCC2)CCN(C)CC1. The minimum Gasteiger partial charge on any atom is -0.383 e. The summed E-state index contributed by atoms with van der Waals surface area (Å²) >= 11 is 0. The third-order valence-electron chi connectivity index (χ3n) is 5.33. The summed E-state index contributed by atoms with van der Waals surface area (Å²) in [6.45, 7) is 7.13. The molecule has 2 aliphatic heterocycles. The largest absolute Gasteiger partial charge is 0.383 e. The molecule has 6 nitrogen and oxygen atoms in total. The number of amides is 1. The summed E-state index contributed by atoms with van der Waals surface area (Å²) in [5, 5.41) is 6.29. The monoisotopic (exact) mass is 326 g/mol. The number of piperidine rings is 2. The summed E-state index contributed by atoms with van der Waals surface area (Å²) in [5.41, 5.74) is 0.162. The lowest BCUT2D eigenvalue weighted by Gasteiger charge is -2.50. The number of nitrogens with zero attached hydrogens (tertiary/aromatic N) is 2. The number of carbonyl (C=O) groups excluding carboxylic acids is 1. The number of nitrogens with one attached hydrogen (secondary N) is 2. The Hall–Kier alpha value is -0.690. The smallest absolute Gasteiger partial charge is 0.234 e. The maximum Gasteiger partial charge on any atom is 0.234 e. The van der Waals surface area contributed by atoms with Gasteiger partial charge in [-0.1, -0.05) is 6.42 Å². The first-order valence-electron chi connectivity index (χ1n) is 9.06. The van der Waals surface area contributed by atoms with Gasteiger partial charge in [0.1, 0.15) is 0 Å². The molecule has 2 saturated heterocycles. The number of rotatable bonds is 8. The van der Waals surface area contributed by atoms with Gasteiger partial charge >= 0.3 is 0 Å². The van der Waals surface area contributed by atoms with Crippen LogP contribution in [0.25, 0.3) is 0 Å². The van der Waals surface area contributed by atoms with Gasteiger partial charge in [0.05, 0.1) is 13.2 Å². The van der Waals surface area contributed by atoms with E-state index in [4.69, 9.17) is 4.74 Å². The first-order chi connectivity index (χ1) is 11.2. The number of likely N-dealkylation sites (tertiary alicyclic amines) is 2. The summed E-state index contributed by atoms with van der Waals surface area (Å²) in [6.07, 6.45) is 6.25. The van der Waals surface area contributed by atoms with E-state index < -0.39 is 0 Å². The molecule has 0 spiro atoms. The van der Waals surface area contributed by atoms with Crippen molar-refractivity contribution in [3.05, 3.63) is 0 Å². The number of hydrogen-bond acceptors (Lipinski definition) is 5. The lowest BCUT2D eigenvalue weighted by atomic mass is 9.84. The molecule has 2 N–H and O–H groups in total. The van der Waals surface area contributed by atoms with Gasteiger partial charge in [0.15, 0.2) is 0 Å². The van der Waals surface area contributed by atoms with Crippen molar-refractivity contribution >= 4 is 5.91 Å². The van der Waals surface area contributed by atoms with E-state index in [0.29, 0.717) is 19.7 Å². The molecule has 0 bridgehead atoms. The summed E-state index contributed by atoms with van der Waals surface area (Å²) in [5.74, 6) is 0.0939. The predicted molar refractivity (Wildman–Crippen MR) is 92.6 cm³/mol. The third-order valence-corrected chi connectivity index (χ3v) is 5.33. The zero-order chi connectivity index (χ0) is 16.5. The Balaban J connectivity index is 1.83. The summed E-state index contributed by atoms with van der Waals surface area (Å²) in [6, 6.07) is 0. The van der Waals surface area contributed by atoms with Crippen molar-refractivity contribution in [2.75, 3.05) is 66.6 Å². The second kappa shape index (κ2) is 9.57. The molecule has 2 aliphatic rings. The van der Waals surface area contributed by atoms with Crippen LogP contribution in [0.1, 0.15) is 32.1 Å². The zero-order valence-electron chi connectivity index (χ0n) is 14.9. The Morgan fingerprint density at radius 3 is 2.48 bits per heavy atom. The topological polar surface area (TPSA) is 56.8 Å². The molecule has 0 unspecified atom stereocenters. The molecule has 6 heteroatoms. The molecule has 0 saturated carbocycles. The van der Waals surface area contributed by atoms with Crippen molar-refractivity contribution in [3.63, 3.8) is 0 Å². The van der Waals surface area contributed by atoms with Crippen LogP contribution in [-0.2, 0) is 9.53 Å². The van der Waals surface area contributed by atoms with Gasteiger partial charge in [-0.2, -0.15) is 0 Å². The molecule has 2 rings (SSSR count). The van der Waals surface area contributed by atoms with E-state index in [9.17, 15) is 4.79 Å². The van der Waals surface area contributed by atoms with Crippen molar-refractivity contribution in [1.82, 2.24) is 20.4 Å². The Morgan fingerprint density at radius 1 is 1.13 bits per heavy atom. The second-order valence-corrected chi connectivity index (χ2v) is 7.02. The quantitative estimate of drug-likeness (QED) is 0.628. The lowest BCUT2D eigenvalue weighted by Crippen LogP contribution is -2.61. The minimum atomic E-state index is 0.0939. The number of ether oxygens (including phenoxy) is 1. The number of methoxy groups -OCH3 is 1. The summed E-state index contributed by atoms with van der Waals surface area (Å²) < 4.78 is 4.98. The molecule has 0 aliphatic carbocycles. The van der Waals surface area contributed by atoms with Gasteiger partial charge in [-0.3, -0.25) is 9.69 Å². The average molecular weight is 326 g/mol. The fourth-order valence-electron chi connectivity index (χ4n) is 3.71. The highest BCUT2D eigenvalue weighted by Gasteiger charge is 2.39. The van der Waals surface area contributed by atoms with Crippen molar-refractivity contribution in [2.45, 2.75) is 37.6 Å². The Labute approximate surface area is 140 Å². The van der Waals surface area contributed by atoms with E-state index in [1.165, 1.54) is 32.4 Å². The van der Waals surface area contributed by atoms with Gasteiger partial charge in [-0.15, -0.1) is 0 Å². The van der Waals surface area contributed by atoms with Crippen LogP contribution in [0, 0.1) is 0 Å². The molecule has 0 aromatic rings. The van der Waals surface area contributed by atoms with Gasteiger partial charge in [0, 0.05) is 25.7 Å². The first-order valence-corrected chi connectivity index (χ1v) is 9.06. The number of carbonyl (C=O) groups is 1. The first kappa shape index (κ1) is 18.6. The molecule has 1 amide bonds. The maximum absolute atomic E-state index is 12.1. The van der Waals surface area contributed by atoms with E-state index in [-0.39, 0.29) is 11.4 Å². The van der Waals surface area contributed by atoms with Gasteiger partial charge in [0.25, 0.3) is 0 Å². The van der Waals surface area contributed by atoms with E-state index in [1.54, 1.807) is 7.11 Å². The maximum atomic E-state index is 12.1. The average Bonchev–Trinajstić information content (AvgIpc) is 2.59. The van der Waals surface area contributed by atoms with Crippen molar-refractivity contribution < 1.29 is 9.53 Å². The Bertz CT molecular complexity index is 351. The van der Waals surface area contributed by atoms with E-state index >= 15 is 0 Å². The van der Waals surface area contributed by atoms with Gasteiger partial charge < -0.3 is 20.3 Å². The van der Waals surface area contributed by atoms with Gasteiger partial charge in [-0.25, -0.2) is 0 Å². The molecule has 2 heterocycles. The van der Waals surface area contributed by atoms with Crippen molar-refractivity contribution in [2.24, 2.45) is 0 Å². The van der Waals surface area contributed by atoms with Crippen LogP contribution >= 0.6 is 0 Å². The van der Waals surface area contributed by atoms with Crippen LogP contribution in [0.5, 0.6) is 0 Å². The van der Waals surface area contributed by atoms with Crippen LogP contribution in [0.4, 0.5) is 0 Å². The lowest BCUT2D eigenvalue weighted by molar-refractivity contribution is -0.121. The molecule has 134 valence electrons. The summed E-state index contributed by atoms with van der Waals surface area (Å²) in [7, 11) is 3.86.